The topological polar surface area (TPSA) is 123 Å². The summed E-state index contributed by atoms with van der Waals surface area (Å²) in [6.45, 7) is 3.89. The molecule has 1 saturated carbocycles. The van der Waals surface area contributed by atoms with Crippen molar-refractivity contribution in [2.24, 2.45) is 11.8 Å². The van der Waals surface area contributed by atoms with E-state index in [1.807, 2.05) is 4.90 Å². The second kappa shape index (κ2) is 12.5. The fraction of sp³-hybridized carbons (Fsp3) is 0.846. The fourth-order valence-electron chi connectivity index (χ4n) is 6.40. The van der Waals surface area contributed by atoms with Crippen molar-refractivity contribution in [1.29, 1.82) is 0 Å². The number of fused-ring (bicyclic) bond motifs is 2. The zero-order valence-corrected chi connectivity index (χ0v) is 22.5. The van der Waals surface area contributed by atoms with E-state index in [4.69, 9.17) is 4.74 Å². The summed E-state index contributed by atoms with van der Waals surface area (Å²) in [7, 11) is 3.36. The Balaban J connectivity index is 1.25. The molecule has 3 saturated heterocycles. The minimum atomic E-state index is -0.443. The Morgan fingerprint density at radius 3 is 2.46 bits per heavy atom. The van der Waals surface area contributed by atoms with Gasteiger partial charge in [-0.05, 0) is 38.5 Å². The molecular weight excluding hydrogens is 476 g/mol. The molecule has 4 aliphatic rings. The number of hydrogen-bond acceptors (Lipinski definition) is 8. The summed E-state index contributed by atoms with van der Waals surface area (Å²) >= 11 is 0. The number of carbonyl (C=O) groups excluding carboxylic acids is 4. The molecule has 3 aliphatic heterocycles. The molecule has 6 unspecified atom stereocenters. The average Bonchev–Trinajstić information content (AvgIpc) is 3.53. The maximum atomic E-state index is 13.4. The Hall–Kier alpha value is -2.24. The first-order valence-electron chi connectivity index (χ1n) is 14.0. The summed E-state index contributed by atoms with van der Waals surface area (Å²) < 4.78 is 4.90. The summed E-state index contributed by atoms with van der Waals surface area (Å²) in [4.78, 5) is 55.7. The summed E-state index contributed by atoms with van der Waals surface area (Å²) in [5.74, 6) is 0.241. The van der Waals surface area contributed by atoms with Crippen molar-refractivity contribution in [3.05, 3.63) is 0 Å². The van der Waals surface area contributed by atoms with Gasteiger partial charge in [0.25, 0.3) is 0 Å². The van der Waals surface area contributed by atoms with Crippen molar-refractivity contribution in [1.82, 2.24) is 30.9 Å². The molecule has 3 amide bonds. The van der Waals surface area contributed by atoms with Crippen LogP contribution in [0.15, 0.2) is 0 Å². The molecule has 208 valence electrons. The second-order valence-electron chi connectivity index (χ2n) is 11.1. The van der Waals surface area contributed by atoms with Crippen LogP contribution in [0.5, 0.6) is 0 Å². The number of nitrogens with one attached hydrogen (secondary N) is 3. The normalized spacial score (nSPS) is 30.8. The Kier molecular flexibility index (Phi) is 9.41. The summed E-state index contributed by atoms with van der Waals surface area (Å²) in [6.07, 6.45) is 6.95. The Labute approximate surface area is 219 Å². The molecule has 11 nitrogen and oxygen atoms in total. The predicted octanol–water partition coefficient (Wildman–Crippen LogP) is -0.139. The number of amides is 3. The first-order valence-corrected chi connectivity index (χ1v) is 14.0. The molecule has 0 aromatic heterocycles. The third-order valence-electron chi connectivity index (χ3n) is 8.67. The van der Waals surface area contributed by atoms with Crippen LogP contribution >= 0.6 is 0 Å². The highest BCUT2D eigenvalue weighted by atomic mass is 16.5. The average molecular weight is 521 g/mol. The number of esters is 1. The van der Waals surface area contributed by atoms with Gasteiger partial charge in [0.2, 0.25) is 17.7 Å². The SMILES string of the molecule is CCOC(=O)CCN(C)C(=O)CCN(C)C(=O)C1NNC2CCN(C(=O)C3CC4CCCCC4N3)CC21. The van der Waals surface area contributed by atoms with E-state index >= 15 is 0 Å². The predicted molar refractivity (Wildman–Crippen MR) is 137 cm³/mol. The van der Waals surface area contributed by atoms with Crippen molar-refractivity contribution >= 4 is 23.7 Å². The Bertz CT molecular complexity index is 841. The highest BCUT2D eigenvalue weighted by Gasteiger charge is 2.47. The minimum absolute atomic E-state index is 0.0146. The smallest absolute Gasteiger partial charge is 0.307 e. The maximum Gasteiger partial charge on any atom is 0.307 e. The molecule has 0 bridgehead atoms. The van der Waals surface area contributed by atoms with Gasteiger partial charge in [-0.25, -0.2) is 5.43 Å². The Morgan fingerprint density at radius 1 is 0.946 bits per heavy atom. The number of nitrogens with zero attached hydrogens (tertiary/aromatic N) is 3. The second-order valence-corrected chi connectivity index (χ2v) is 11.1. The standard InChI is InChI=1S/C26H44N6O5/c1-4-37-23(34)11-13-30(2)22(33)10-12-31(3)26(36)24-18-16-32(14-9-20(18)28-29-24)25(35)21-15-17-7-5-6-8-19(17)27-21/h17-21,24,27-29H,4-16H2,1-3H3. The molecular formula is C26H44N6O5. The molecule has 3 heterocycles. The van der Waals surface area contributed by atoms with E-state index in [-0.39, 0.29) is 67.6 Å². The third kappa shape index (κ3) is 6.61. The van der Waals surface area contributed by atoms with Crippen LogP contribution in [0.25, 0.3) is 0 Å². The lowest BCUT2D eigenvalue weighted by atomic mass is 9.84. The van der Waals surface area contributed by atoms with Crippen LogP contribution in [0.2, 0.25) is 0 Å². The molecule has 37 heavy (non-hydrogen) atoms. The van der Waals surface area contributed by atoms with E-state index in [0.29, 0.717) is 31.7 Å². The number of carbonyl (C=O) groups is 4. The first kappa shape index (κ1) is 27.8. The zero-order chi connectivity index (χ0) is 26.5. The van der Waals surface area contributed by atoms with Crippen LogP contribution in [-0.2, 0) is 23.9 Å². The fourth-order valence-corrected chi connectivity index (χ4v) is 6.40. The van der Waals surface area contributed by atoms with Crippen LogP contribution < -0.4 is 16.2 Å². The zero-order valence-electron chi connectivity index (χ0n) is 22.5. The Morgan fingerprint density at radius 2 is 1.70 bits per heavy atom. The van der Waals surface area contributed by atoms with Crippen molar-refractivity contribution in [2.45, 2.75) is 82.5 Å². The number of likely N-dealkylation sites (N-methyl/N-ethyl adjacent to an activating group) is 1. The molecule has 3 N–H and O–H groups in total. The minimum Gasteiger partial charge on any atom is -0.466 e. The van der Waals surface area contributed by atoms with Gasteiger partial charge in [0, 0.05) is 64.7 Å². The van der Waals surface area contributed by atoms with Gasteiger partial charge >= 0.3 is 5.97 Å². The summed E-state index contributed by atoms with van der Waals surface area (Å²) in [5, 5.41) is 3.60. The van der Waals surface area contributed by atoms with Gasteiger partial charge in [0.05, 0.1) is 19.1 Å². The number of likely N-dealkylation sites (tertiary alicyclic amines) is 1. The molecule has 11 heteroatoms. The van der Waals surface area contributed by atoms with Crippen molar-refractivity contribution in [3.63, 3.8) is 0 Å². The van der Waals surface area contributed by atoms with Gasteiger partial charge in [-0.1, -0.05) is 12.8 Å². The number of hydrazine groups is 1. The van der Waals surface area contributed by atoms with Gasteiger partial charge in [-0.3, -0.25) is 24.6 Å². The molecule has 0 aromatic rings. The molecule has 0 aromatic carbocycles. The number of piperidine rings is 1. The molecule has 0 spiro atoms. The number of rotatable bonds is 9. The lowest BCUT2D eigenvalue weighted by molar-refractivity contribution is -0.144. The maximum absolute atomic E-state index is 13.4. The highest BCUT2D eigenvalue weighted by Crippen LogP contribution is 2.34. The van der Waals surface area contributed by atoms with E-state index < -0.39 is 6.04 Å². The lowest BCUT2D eigenvalue weighted by Crippen LogP contribution is -2.55. The van der Waals surface area contributed by atoms with Gasteiger partial charge in [0.1, 0.15) is 6.04 Å². The largest absolute Gasteiger partial charge is 0.466 e. The first-order chi connectivity index (χ1) is 17.8. The van der Waals surface area contributed by atoms with Crippen LogP contribution in [0.1, 0.15) is 58.3 Å². The van der Waals surface area contributed by atoms with Gasteiger partial charge in [-0.15, -0.1) is 0 Å². The highest BCUT2D eigenvalue weighted by molar-refractivity contribution is 5.85. The molecule has 0 radical (unpaired) electrons. The van der Waals surface area contributed by atoms with Gasteiger partial charge in [0.15, 0.2) is 0 Å². The van der Waals surface area contributed by atoms with Crippen LogP contribution in [-0.4, -0.2) is 109 Å². The van der Waals surface area contributed by atoms with Crippen LogP contribution in [0, 0.1) is 11.8 Å². The van der Waals surface area contributed by atoms with Crippen LogP contribution in [0.4, 0.5) is 0 Å². The van der Waals surface area contributed by atoms with E-state index in [1.54, 1.807) is 25.9 Å². The number of hydrogen-bond donors (Lipinski definition) is 3. The molecule has 1 aliphatic carbocycles. The van der Waals surface area contributed by atoms with E-state index in [9.17, 15) is 19.2 Å². The van der Waals surface area contributed by atoms with E-state index in [1.165, 1.54) is 30.6 Å². The van der Waals surface area contributed by atoms with Crippen molar-refractivity contribution < 1.29 is 23.9 Å². The molecule has 6 atom stereocenters. The van der Waals surface area contributed by atoms with Crippen LogP contribution in [0.3, 0.4) is 0 Å². The van der Waals surface area contributed by atoms with Gasteiger partial charge < -0.3 is 24.8 Å². The quantitative estimate of drug-likeness (QED) is 0.359. The van der Waals surface area contributed by atoms with E-state index in [2.05, 4.69) is 16.2 Å². The molecule has 4 fully saturated rings. The monoisotopic (exact) mass is 520 g/mol. The summed E-state index contributed by atoms with van der Waals surface area (Å²) in [5.41, 5.74) is 6.43. The lowest BCUT2D eigenvalue weighted by Gasteiger charge is -2.37. The number of ether oxygens (including phenoxy) is 1. The molecule has 4 rings (SSSR count). The van der Waals surface area contributed by atoms with Crippen molar-refractivity contribution in [2.75, 3.05) is 46.9 Å². The van der Waals surface area contributed by atoms with E-state index in [0.717, 1.165) is 12.8 Å². The van der Waals surface area contributed by atoms with Gasteiger partial charge in [-0.2, -0.15) is 0 Å². The third-order valence-corrected chi connectivity index (χ3v) is 8.67. The van der Waals surface area contributed by atoms with Crippen molar-refractivity contribution in [3.8, 4) is 0 Å². The summed E-state index contributed by atoms with van der Waals surface area (Å²) in [6, 6.07) is 0.0723.